The molecule has 0 spiro atoms. The lowest BCUT2D eigenvalue weighted by molar-refractivity contribution is 0.0200. The summed E-state index contributed by atoms with van der Waals surface area (Å²) in [6, 6.07) is 13.2. The normalized spacial score (nSPS) is 10.2. The van der Waals surface area contributed by atoms with Crippen LogP contribution in [0.2, 0.25) is 0 Å². The molecule has 0 unspecified atom stereocenters. The number of para-hydroxylation sites is 1. The molecule has 2 rings (SSSR count). The van der Waals surface area contributed by atoms with Gasteiger partial charge in [-0.05, 0) is 30.3 Å². The van der Waals surface area contributed by atoms with Crippen molar-refractivity contribution in [3.05, 3.63) is 64.4 Å². The molecule has 0 bridgehead atoms. The molecular formula is C15H13BrFNO3. The van der Waals surface area contributed by atoms with Gasteiger partial charge >= 0.3 is 0 Å². The largest absolute Gasteiger partial charge is 0.491 e. The van der Waals surface area contributed by atoms with Gasteiger partial charge in [0.2, 0.25) is 0 Å². The first kappa shape index (κ1) is 15.5. The van der Waals surface area contributed by atoms with Crippen molar-refractivity contribution >= 4 is 21.8 Å². The highest BCUT2D eigenvalue weighted by Gasteiger charge is 2.08. The first-order chi connectivity index (χ1) is 10.1. The second-order valence-corrected chi connectivity index (χ2v) is 5.01. The monoisotopic (exact) mass is 353 g/mol. The summed E-state index contributed by atoms with van der Waals surface area (Å²) in [5.41, 5.74) is 2.41. The number of halogens is 2. The Labute approximate surface area is 130 Å². The lowest BCUT2D eigenvalue weighted by Gasteiger charge is -2.08. The molecule has 0 heterocycles. The van der Waals surface area contributed by atoms with E-state index in [1.807, 2.05) is 30.3 Å². The summed E-state index contributed by atoms with van der Waals surface area (Å²) in [4.78, 5) is 16.7. The number of nitrogens with one attached hydrogen (secondary N) is 1. The van der Waals surface area contributed by atoms with Crippen LogP contribution in [0.5, 0.6) is 5.75 Å². The highest BCUT2D eigenvalue weighted by molar-refractivity contribution is 9.10. The molecule has 0 radical (unpaired) electrons. The molecule has 0 saturated heterocycles. The Morgan fingerprint density at radius 2 is 1.90 bits per heavy atom. The van der Waals surface area contributed by atoms with E-state index in [1.54, 1.807) is 0 Å². The van der Waals surface area contributed by atoms with E-state index in [1.165, 1.54) is 12.1 Å². The van der Waals surface area contributed by atoms with E-state index in [9.17, 15) is 9.18 Å². The van der Waals surface area contributed by atoms with Crippen molar-refractivity contribution in [2.24, 2.45) is 0 Å². The number of amides is 1. The van der Waals surface area contributed by atoms with Gasteiger partial charge in [0.15, 0.2) is 0 Å². The number of hydrogen-bond acceptors (Lipinski definition) is 3. The quantitative estimate of drug-likeness (QED) is 0.640. The van der Waals surface area contributed by atoms with E-state index in [0.717, 1.165) is 11.8 Å². The molecule has 0 aromatic heterocycles. The summed E-state index contributed by atoms with van der Waals surface area (Å²) in [6.07, 6.45) is 0. The molecule has 0 atom stereocenters. The fraction of sp³-hybridized carbons (Fsp3) is 0.133. The molecule has 0 saturated carbocycles. The topological polar surface area (TPSA) is 47.6 Å². The van der Waals surface area contributed by atoms with Crippen molar-refractivity contribution in [3.8, 4) is 5.75 Å². The Bertz CT molecular complexity index is 587. The summed E-state index contributed by atoms with van der Waals surface area (Å²) in [5, 5.41) is 0. The first-order valence-electron chi connectivity index (χ1n) is 6.21. The van der Waals surface area contributed by atoms with Crippen LogP contribution in [0.25, 0.3) is 0 Å². The van der Waals surface area contributed by atoms with Crippen LogP contribution in [0.4, 0.5) is 4.39 Å². The SMILES string of the molecule is O=C(NOCCOc1ccccc1)c1cc(F)cc(Br)c1. The van der Waals surface area contributed by atoms with Crippen molar-refractivity contribution < 1.29 is 18.8 Å². The molecule has 0 aliphatic rings. The number of benzene rings is 2. The zero-order chi connectivity index (χ0) is 15.1. The highest BCUT2D eigenvalue weighted by Crippen LogP contribution is 2.14. The maximum absolute atomic E-state index is 13.1. The second kappa shape index (κ2) is 7.75. The third-order valence-electron chi connectivity index (χ3n) is 2.49. The predicted molar refractivity (Wildman–Crippen MR) is 79.5 cm³/mol. The third-order valence-corrected chi connectivity index (χ3v) is 2.94. The highest BCUT2D eigenvalue weighted by atomic mass is 79.9. The van der Waals surface area contributed by atoms with Crippen LogP contribution in [-0.4, -0.2) is 19.1 Å². The van der Waals surface area contributed by atoms with Gasteiger partial charge in [-0.3, -0.25) is 9.63 Å². The van der Waals surface area contributed by atoms with Crippen LogP contribution in [0.1, 0.15) is 10.4 Å². The van der Waals surface area contributed by atoms with Gasteiger partial charge in [-0.2, -0.15) is 0 Å². The van der Waals surface area contributed by atoms with Gasteiger partial charge in [-0.25, -0.2) is 9.87 Å². The standard InChI is InChI=1S/C15H13BrFNO3/c16-12-8-11(9-13(17)10-12)15(19)18-21-7-6-20-14-4-2-1-3-5-14/h1-5,8-10H,6-7H2,(H,18,19). The van der Waals surface area contributed by atoms with Crippen molar-refractivity contribution in [1.82, 2.24) is 5.48 Å². The van der Waals surface area contributed by atoms with Crippen LogP contribution in [-0.2, 0) is 4.84 Å². The molecule has 4 nitrogen and oxygen atoms in total. The average molecular weight is 354 g/mol. The predicted octanol–water partition coefficient (Wildman–Crippen LogP) is 3.33. The van der Waals surface area contributed by atoms with Crippen LogP contribution in [0.15, 0.2) is 53.0 Å². The zero-order valence-corrected chi connectivity index (χ0v) is 12.6. The van der Waals surface area contributed by atoms with Crippen LogP contribution in [0.3, 0.4) is 0 Å². The van der Waals surface area contributed by atoms with Crippen LogP contribution < -0.4 is 10.2 Å². The number of carbonyl (C=O) groups excluding carboxylic acids is 1. The van der Waals surface area contributed by atoms with Gasteiger partial charge in [0.1, 0.15) is 24.8 Å². The van der Waals surface area contributed by atoms with Crippen molar-refractivity contribution in [3.63, 3.8) is 0 Å². The minimum Gasteiger partial charge on any atom is -0.491 e. The molecule has 1 amide bonds. The van der Waals surface area contributed by atoms with E-state index in [0.29, 0.717) is 4.47 Å². The smallest absolute Gasteiger partial charge is 0.274 e. The molecule has 1 N–H and O–H groups in total. The summed E-state index contributed by atoms with van der Waals surface area (Å²) < 4.78 is 19.0. The molecule has 2 aromatic rings. The fourth-order valence-electron chi connectivity index (χ4n) is 1.58. The Kier molecular flexibility index (Phi) is 5.71. The Morgan fingerprint density at radius 1 is 1.14 bits per heavy atom. The lowest BCUT2D eigenvalue weighted by atomic mass is 10.2. The Morgan fingerprint density at radius 3 is 2.62 bits per heavy atom. The van der Waals surface area contributed by atoms with Gasteiger partial charge in [0.25, 0.3) is 5.91 Å². The van der Waals surface area contributed by atoms with Gasteiger partial charge in [-0.15, -0.1) is 0 Å². The summed E-state index contributed by atoms with van der Waals surface area (Å²) in [7, 11) is 0. The number of rotatable bonds is 6. The van der Waals surface area contributed by atoms with E-state index in [2.05, 4.69) is 21.4 Å². The van der Waals surface area contributed by atoms with Crippen molar-refractivity contribution in [2.75, 3.05) is 13.2 Å². The van der Waals surface area contributed by atoms with E-state index in [-0.39, 0.29) is 18.8 Å². The number of ether oxygens (including phenoxy) is 1. The second-order valence-electron chi connectivity index (χ2n) is 4.10. The molecule has 110 valence electrons. The lowest BCUT2D eigenvalue weighted by Crippen LogP contribution is -2.26. The Balaban J connectivity index is 1.72. The van der Waals surface area contributed by atoms with Crippen LogP contribution in [0, 0.1) is 5.82 Å². The molecule has 0 fully saturated rings. The van der Waals surface area contributed by atoms with Crippen molar-refractivity contribution in [1.29, 1.82) is 0 Å². The summed E-state index contributed by atoms with van der Waals surface area (Å²) in [5.74, 6) is -0.293. The summed E-state index contributed by atoms with van der Waals surface area (Å²) >= 11 is 3.12. The minimum absolute atomic E-state index is 0.172. The Hall–Kier alpha value is -1.92. The van der Waals surface area contributed by atoms with E-state index in [4.69, 9.17) is 9.57 Å². The number of hydrogen-bond donors (Lipinski definition) is 1. The van der Waals surface area contributed by atoms with Gasteiger partial charge in [-0.1, -0.05) is 34.1 Å². The zero-order valence-electron chi connectivity index (χ0n) is 11.0. The third kappa shape index (κ3) is 5.17. The van der Waals surface area contributed by atoms with Crippen molar-refractivity contribution in [2.45, 2.75) is 0 Å². The van der Waals surface area contributed by atoms with E-state index >= 15 is 0 Å². The maximum Gasteiger partial charge on any atom is 0.274 e. The summed E-state index contributed by atoms with van der Waals surface area (Å²) in [6.45, 7) is 0.467. The molecule has 21 heavy (non-hydrogen) atoms. The van der Waals surface area contributed by atoms with E-state index < -0.39 is 11.7 Å². The molecular weight excluding hydrogens is 341 g/mol. The fourth-order valence-corrected chi connectivity index (χ4v) is 2.04. The molecule has 6 heteroatoms. The minimum atomic E-state index is -0.519. The molecule has 2 aromatic carbocycles. The molecule has 0 aliphatic heterocycles. The van der Waals surface area contributed by atoms with Crippen LogP contribution >= 0.6 is 15.9 Å². The van der Waals surface area contributed by atoms with Gasteiger partial charge in [0, 0.05) is 10.0 Å². The first-order valence-corrected chi connectivity index (χ1v) is 7.00. The number of hydroxylamine groups is 1. The number of carbonyl (C=O) groups is 1. The van der Waals surface area contributed by atoms with Gasteiger partial charge < -0.3 is 4.74 Å². The maximum atomic E-state index is 13.1. The average Bonchev–Trinajstić information content (AvgIpc) is 2.47. The molecule has 0 aliphatic carbocycles. The van der Waals surface area contributed by atoms with Gasteiger partial charge in [0.05, 0.1) is 0 Å².